The van der Waals surface area contributed by atoms with E-state index in [0.717, 1.165) is 49.9 Å². The van der Waals surface area contributed by atoms with Crippen LogP contribution in [0.4, 0.5) is 0 Å². The third-order valence-electron chi connectivity index (χ3n) is 8.69. The standard InChI is InChI=1S/C41H41ClN2O7/c1-30(34-13-8-14-35(29-34)40(47)33-11-6-3-7-12-33)41(48)51-38(46)20-19-37(45)50-28-27-49-26-25-43-21-23-44(24-22-43)39(31-9-4-2-5-10-31)32-15-17-36(42)18-16-32/h2-20,29-30,39H,21-28H2,1H3. The number of hydrogen-bond donors (Lipinski definition) is 0. The van der Waals surface area contributed by atoms with Crippen molar-refractivity contribution in [3.63, 3.8) is 0 Å². The average Bonchev–Trinajstić information content (AvgIpc) is 3.17. The number of hydrogen-bond acceptors (Lipinski definition) is 9. The van der Waals surface area contributed by atoms with Crippen molar-refractivity contribution in [2.24, 2.45) is 0 Å². The molecule has 0 radical (unpaired) electrons. The van der Waals surface area contributed by atoms with Gasteiger partial charge in [0.05, 0.1) is 25.2 Å². The molecule has 1 saturated heterocycles. The fourth-order valence-corrected chi connectivity index (χ4v) is 6.01. The first-order valence-electron chi connectivity index (χ1n) is 16.9. The average molecular weight is 709 g/mol. The molecule has 0 amide bonds. The lowest BCUT2D eigenvalue weighted by molar-refractivity contribution is -0.157. The van der Waals surface area contributed by atoms with E-state index in [4.69, 9.17) is 25.8 Å². The predicted octanol–water partition coefficient (Wildman–Crippen LogP) is 6.27. The van der Waals surface area contributed by atoms with Gasteiger partial charge < -0.3 is 14.2 Å². The van der Waals surface area contributed by atoms with Gasteiger partial charge in [-0.15, -0.1) is 0 Å². The Kier molecular flexibility index (Phi) is 13.8. The number of nitrogens with zero attached hydrogens (tertiary/aromatic N) is 2. The first-order chi connectivity index (χ1) is 24.8. The highest BCUT2D eigenvalue weighted by atomic mass is 35.5. The maximum absolute atomic E-state index is 12.8. The van der Waals surface area contributed by atoms with Gasteiger partial charge in [0.15, 0.2) is 5.78 Å². The highest BCUT2D eigenvalue weighted by Crippen LogP contribution is 2.30. The molecule has 0 aromatic heterocycles. The summed E-state index contributed by atoms with van der Waals surface area (Å²) in [4.78, 5) is 54.5. The summed E-state index contributed by atoms with van der Waals surface area (Å²) in [6, 6.07) is 34.1. The number of esters is 3. The fraction of sp³-hybridized carbons (Fsp3) is 0.268. The Morgan fingerprint density at radius 3 is 2.00 bits per heavy atom. The van der Waals surface area contributed by atoms with E-state index in [0.29, 0.717) is 23.3 Å². The summed E-state index contributed by atoms with van der Waals surface area (Å²) in [6.45, 7) is 6.65. The van der Waals surface area contributed by atoms with E-state index in [2.05, 4.69) is 46.2 Å². The Bertz CT molecular complexity index is 1790. The van der Waals surface area contributed by atoms with Crippen LogP contribution in [0.15, 0.2) is 121 Å². The number of carbonyl (C=O) groups is 4. The van der Waals surface area contributed by atoms with Gasteiger partial charge in [-0.05, 0) is 41.8 Å². The van der Waals surface area contributed by atoms with Crippen molar-refractivity contribution in [3.05, 3.63) is 154 Å². The largest absolute Gasteiger partial charge is 0.460 e. The minimum Gasteiger partial charge on any atom is -0.460 e. The van der Waals surface area contributed by atoms with Crippen LogP contribution in [0.1, 0.15) is 51.5 Å². The van der Waals surface area contributed by atoms with E-state index in [1.807, 2.05) is 24.3 Å². The normalized spacial score (nSPS) is 14.9. The minimum absolute atomic E-state index is 0.0137. The second-order valence-electron chi connectivity index (χ2n) is 12.1. The van der Waals surface area contributed by atoms with Crippen molar-refractivity contribution in [1.82, 2.24) is 9.80 Å². The number of ketones is 1. The lowest BCUT2D eigenvalue weighted by Crippen LogP contribution is -2.48. The van der Waals surface area contributed by atoms with E-state index < -0.39 is 23.8 Å². The van der Waals surface area contributed by atoms with Crippen LogP contribution < -0.4 is 0 Å². The minimum atomic E-state index is -1.00. The number of benzene rings is 4. The molecule has 10 heteroatoms. The van der Waals surface area contributed by atoms with Crippen LogP contribution >= 0.6 is 11.6 Å². The maximum Gasteiger partial charge on any atom is 0.338 e. The monoisotopic (exact) mass is 708 g/mol. The summed E-state index contributed by atoms with van der Waals surface area (Å²) in [5.41, 5.74) is 3.92. The third-order valence-corrected chi connectivity index (χ3v) is 8.94. The van der Waals surface area contributed by atoms with Crippen LogP contribution in [0.3, 0.4) is 0 Å². The van der Waals surface area contributed by atoms with E-state index in [-0.39, 0.29) is 25.0 Å². The van der Waals surface area contributed by atoms with Crippen LogP contribution in [0.5, 0.6) is 0 Å². The van der Waals surface area contributed by atoms with Crippen molar-refractivity contribution < 1.29 is 33.4 Å². The molecule has 0 N–H and O–H groups in total. The zero-order valence-electron chi connectivity index (χ0n) is 28.5. The first-order valence-corrected chi connectivity index (χ1v) is 17.3. The topological polar surface area (TPSA) is 102 Å². The summed E-state index contributed by atoms with van der Waals surface area (Å²) in [6.07, 6.45) is 1.75. The molecule has 4 aromatic carbocycles. The number of rotatable bonds is 15. The molecule has 4 aromatic rings. The second-order valence-corrected chi connectivity index (χ2v) is 12.6. The molecule has 1 aliphatic heterocycles. The summed E-state index contributed by atoms with van der Waals surface area (Å²) in [7, 11) is 0. The molecular formula is C41H41ClN2O7. The zero-order valence-corrected chi connectivity index (χ0v) is 29.2. The number of piperazine rings is 1. The number of carbonyl (C=O) groups excluding carboxylic acids is 4. The molecule has 1 heterocycles. The molecule has 0 aliphatic carbocycles. The first kappa shape index (κ1) is 37.3. The maximum atomic E-state index is 12.8. The van der Waals surface area contributed by atoms with Gasteiger partial charge >= 0.3 is 17.9 Å². The molecule has 0 saturated carbocycles. The van der Waals surface area contributed by atoms with E-state index in [1.165, 1.54) is 11.1 Å². The molecule has 5 rings (SSSR count). The van der Waals surface area contributed by atoms with Crippen LogP contribution in [0.25, 0.3) is 0 Å². The molecule has 51 heavy (non-hydrogen) atoms. The summed E-state index contributed by atoms with van der Waals surface area (Å²) in [5, 5.41) is 0.722. The Hall–Kier alpha value is -4.93. The van der Waals surface area contributed by atoms with E-state index in [1.54, 1.807) is 55.5 Å². The highest BCUT2D eigenvalue weighted by Gasteiger charge is 2.26. The van der Waals surface area contributed by atoms with E-state index in [9.17, 15) is 19.2 Å². The van der Waals surface area contributed by atoms with Gasteiger partial charge in [0.25, 0.3) is 0 Å². The SMILES string of the molecule is CC(C(=O)OC(=O)C=CC(=O)OCCOCCN1CCN(C(c2ccccc2)c2ccc(Cl)cc2)CC1)c1cccc(C(=O)c2ccccc2)c1. The van der Waals surface area contributed by atoms with Gasteiger partial charge in [0.2, 0.25) is 0 Å². The van der Waals surface area contributed by atoms with Gasteiger partial charge in [0.1, 0.15) is 6.61 Å². The summed E-state index contributed by atoms with van der Waals surface area (Å²) >= 11 is 6.16. The van der Waals surface area contributed by atoms with Gasteiger partial charge in [0, 0.05) is 61.0 Å². The van der Waals surface area contributed by atoms with Crippen LogP contribution in [-0.2, 0) is 28.6 Å². The molecular weight excluding hydrogens is 668 g/mol. The summed E-state index contributed by atoms with van der Waals surface area (Å²) in [5.74, 6) is -3.57. The van der Waals surface area contributed by atoms with Crippen LogP contribution in [0, 0.1) is 0 Å². The van der Waals surface area contributed by atoms with Gasteiger partial charge in [-0.1, -0.05) is 103 Å². The molecule has 1 fully saturated rings. The zero-order chi connectivity index (χ0) is 36.0. The highest BCUT2D eigenvalue weighted by molar-refractivity contribution is 6.30. The van der Waals surface area contributed by atoms with Gasteiger partial charge in [-0.2, -0.15) is 0 Å². The van der Waals surface area contributed by atoms with Crippen molar-refractivity contribution in [3.8, 4) is 0 Å². The Labute approximate surface area is 303 Å². The molecule has 2 unspecified atom stereocenters. The molecule has 1 aliphatic rings. The van der Waals surface area contributed by atoms with Crippen LogP contribution in [-0.4, -0.2) is 86.0 Å². The molecule has 264 valence electrons. The molecule has 9 nitrogen and oxygen atoms in total. The lowest BCUT2D eigenvalue weighted by atomic mass is 9.96. The Morgan fingerprint density at radius 1 is 0.686 bits per heavy atom. The fourth-order valence-electron chi connectivity index (χ4n) is 5.88. The predicted molar refractivity (Wildman–Crippen MR) is 194 cm³/mol. The molecule has 0 spiro atoms. The molecule has 2 atom stereocenters. The number of ether oxygens (including phenoxy) is 3. The smallest absolute Gasteiger partial charge is 0.338 e. The van der Waals surface area contributed by atoms with Crippen LogP contribution in [0.2, 0.25) is 5.02 Å². The van der Waals surface area contributed by atoms with Crippen molar-refractivity contribution in [1.29, 1.82) is 0 Å². The van der Waals surface area contributed by atoms with E-state index >= 15 is 0 Å². The summed E-state index contributed by atoms with van der Waals surface area (Å²) < 4.78 is 15.7. The number of halogens is 1. The van der Waals surface area contributed by atoms with Crippen molar-refractivity contribution >= 4 is 35.3 Å². The lowest BCUT2D eigenvalue weighted by Gasteiger charge is -2.39. The molecule has 0 bridgehead atoms. The van der Waals surface area contributed by atoms with Crippen molar-refractivity contribution in [2.45, 2.75) is 18.9 Å². The third kappa shape index (κ3) is 11.0. The van der Waals surface area contributed by atoms with Crippen molar-refractivity contribution in [2.75, 3.05) is 52.5 Å². The quantitative estimate of drug-likeness (QED) is 0.0465. The Balaban J connectivity index is 0.970. The van der Waals surface area contributed by atoms with Gasteiger partial charge in [-0.3, -0.25) is 19.4 Å². The Morgan fingerprint density at radius 2 is 1.29 bits per heavy atom. The van der Waals surface area contributed by atoms with Gasteiger partial charge in [-0.25, -0.2) is 9.59 Å². The second kappa shape index (κ2) is 18.9.